The molecule has 7 heteroatoms. The topological polar surface area (TPSA) is 94.2 Å². The van der Waals surface area contributed by atoms with E-state index in [1.165, 1.54) is 11.6 Å². The van der Waals surface area contributed by atoms with Gasteiger partial charge in [0.05, 0.1) is 12.0 Å². The first kappa shape index (κ1) is 20.0. The van der Waals surface area contributed by atoms with Gasteiger partial charge in [-0.05, 0) is 30.2 Å². The maximum absolute atomic E-state index is 12.8. The minimum Gasteiger partial charge on any atom is -0.504 e. The number of amides is 1. The first-order chi connectivity index (χ1) is 14.4. The number of benzene rings is 2. The van der Waals surface area contributed by atoms with Gasteiger partial charge in [0.1, 0.15) is 0 Å². The summed E-state index contributed by atoms with van der Waals surface area (Å²) in [5, 5.41) is 20.1. The van der Waals surface area contributed by atoms with E-state index in [-0.39, 0.29) is 29.2 Å². The smallest absolute Gasteiger partial charge is 0.340 e. The Hall–Kier alpha value is -3.32. The first-order valence-corrected chi connectivity index (χ1v) is 9.95. The number of rotatable bonds is 4. The highest BCUT2D eigenvalue weighted by Gasteiger charge is 2.24. The van der Waals surface area contributed by atoms with E-state index in [9.17, 15) is 19.8 Å². The van der Waals surface area contributed by atoms with Crippen LogP contribution in [0.1, 0.15) is 16.7 Å². The Labute approximate surface area is 173 Å². The molecule has 0 radical (unpaired) electrons. The van der Waals surface area contributed by atoms with Crippen LogP contribution < -0.4 is 5.63 Å². The Balaban J connectivity index is 1.45. The number of aromatic hydroxyl groups is 2. The minimum absolute atomic E-state index is 0.0512. The summed E-state index contributed by atoms with van der Waals surface area (Å²) in [5.41, 5.74) is 1.37. The van der Waals surface area contributed by atoms with E-state index >= 15 is 0 Å². The molecule has 2 aromatic carbocycles. The van der Waals surface area contributed by atoms with Crippen molar-refractivity contribution in [2.45, 2.75) is 19.9 Å². The van der Waals surface area contributed by atoms with Gasteiger partial charge in [0, 0.05) is 38.1 Å². The predicted molar refractivity (Wildman–Crippen MR) is 113 cm³/mol. The summed E-state index contributed by atoms with van der Waals surface area (Å²) >= 11 is 0. The van der Waals surface area contributed by atoms with Gasteiger partial charge in [0.2, 0.25) is 11.7 Å². The Kier molecular flexibility index (Phi) is 5.46. The lowest BCUT2D eigenvalue weighted by Gasteiger charge is -2.34. The summed E-state index contributed by atoms with van der Waals surface area (Å²) in [5.74, 6) is -0.950. The van der Waals surface area contributed by atoms with Crippen LogP contribution in [0.2, 0.25) is 0 Å². The Morgan fingerprint density at radius 3 is 2.43 bits per heavy atom. The Morgan fingerprint density at radius 2 is 1.73 bits per heavy atom. The third-order valence-corrected chi connectivity index (χ3v) is 5.71. The number of fused-ring (bicyclic) bond motifs is 1. The van der Waals surface area contributed by atoms with E-state index in [4.69, 9.17) is 4.42 Å². The number of hydrogen-bond donors (Lipinski definition) is 2. The number of piperazine rings is 1. The molecule has 156 valence electrons. The van der Waals surface area contributed by atoms with Crippen LogP contribution in [-0.2, 0) is 17.8 Å². The number of phenolic OH excluding ortho intramolecular Hbond substituents is 2. The van der Waals surface area contributed by atoms with E-state index in [1.807, 2.05) is 18.2 Å². The number of carbonyl (C=O) groups is 1. The maximum Gasteiger partial charge on any atom is 0.340 e. The van der Waals surface area contributed by atoms with E-state index in [0.29, 0.717) is 24.0 Å². The van der Waals surface area contributed by atoms with Gasteiger partial charge in [0.15, 0.2) is 11.3 Å². The molecule has 0 unspecified atom stereocenters. The van der Waals surface area contributed by atoms with Gasteiger partial charge < -0.3 is 19.5 Å². The molecule has 0 aliphatic carbocycles. The van der Waals surface area contributed by atoms with Crippen LogP contribution in [0, 0.1) is 6.92 Å². The Bertz CT molecular complexity index is 1130. The highest BCUT2D eigenvalue weighted by molar-refractivity contribution is 5.89. The predicted octanol–water partition coefficient (Wildman–Crippen LogP) is 2.40. The zero-order valence-electron chi connectivity index (χ0n) is 16.8. The minimum atomic E-state index is -0.669. The van der Waals surface area contributed by atoms with Crippen molar-refractivity contribution in [2.24, 2.45) is 0 Å². The summed E-state index contributed by atoms with van der Waals surface area (Å²) in [6, 6.07) is 13.1. The second-order valence-electron chi connectivity index (χ2n) is 7.62. The SMILES string of the molecule is Cc1c(CC(=O)N2CCN(Cc3ccccc3)CC2)c(=O)oc2c(O)c(O)ccc12. The molecule has 0 spiro atoms. The molecule has 30 heavy (non-hydrogen) atoms. The molecule has 1 aliphatic rings. The molecule has 1 amide bonds. The number of phenols is 2. The summed E-state index contributed by atoms with van der Waals surface area (Å²) in [4.78, 5) is 29.4. The lowest BCUT2D eigenvalue weighted by molar-refractivity contribution is -0.132. The summed E-state index contributed by atoms with van der Waals surface area (Å²) in [6.07, 6.45) is -0.0512. The van der Waals surface area contributed by atoms with Gasteiger partial charge in [-0.3, -0.25) is 9.69 Å². The standard InChI is InChI=1S/C23H24N2O5/c1-15-17-7-8-19(26)21(28)22(17)30-23(29)18(15)13-20(27)25-11-9-24(10-12-25)14-16-5-3-2-4-6-16/h2-8,26,28H,9-14H2,1H3. The third kappa shape index (κ3) is 3.89. The number of nitrogens with zero attached hydrogens (tertiary/aromatic N) is 2. The molecule has 0 saturated carbocycles. The molecule has 1 aliphatic heterocycles. The van der Waals surface area contributed by atoms with E-state index in [1.54, 1.807) is 17.9 Å². The highest BCUT2D eigenvalue weighted by atomic mass is 16.4. The van der Waals surface area contributed by atoms with Gasteiger partial charge >= 0.3 is 5.63 Å². The molecule has 2 heterocycles. The van der Waals surface area contributed by atoms with Crippen LogP contribution in [0.25, 0.3) is 11.0 Å². The van der Waals surface area contributed by atoms with Crippen molar-refractivity contribution in [3.05, 3.63) is 69.6 Å². The second kappa shape index (κ2) is 8.20. The molecule has 1 saturated heterocycles. The van der Waals surface area contributed by atoms with Gasteiger partial charge in [0.25, 0.3) is 0 Å². The molecule has 0 bridgehead atoms. The van der Waals surface area contributed by atoms with Gasteiger partial charge in [-0.2, -0.15) is 0 Å². The quantitative estimate of drug-likeness (QED) is 0.509. The molecular formula is C23H24N2O5. The summed E-state index contributed by atoms with van der Waals surface area (Å²) in [6.45, 7) is 5.34. The number of aryl methyl sites for hydroxylation is 1. The first-order valence-electron chi connectivity index (χ1n) is 9.95. The molecule has 3 aromatic rings. The molecule has 1 fully saturated rings. The van der Waals surface area contributed by atoms with Crippen molar-refractivity contribution in [3.63, 3.8) is 0 Å². The van der Waals surface area contributed by atoms with Crippen LogP contribution in [0.3, 0.4) is 0 Å². The van der Waals surface area contributed by atoms with Crippen molar-refractivity contribution in [3.8, 4) is 11.5 Å². The number of carbonyl (C=O) groups excluding carboxylic acids is 1. The van der Waals surface area contributed by atoms with Crippen LogP contribution in [0.5, 0.6) is 11.5 Å². The zero-order valence-corrected chi connectivity index (χ0v) is 16.8. The van der Waals surface area contributed by atoms with Crippen LogP contribution in [-0.4, -0.2) is 52.1 Å². The normalized spacial score (nSPS) is 14.9. The Morgan fingerprint density at radius 1 is 1.03 bits per heavy atom. The fraction of sp³-hybridized carbons (Fsp3) is 0.304. The van der Waals surface area contributed by atoms with Crippen LogP contribution in [0.4, 0.5) is 0 Å². The van der Waals surface area contributed by atoms with Crippen molar-refractivity contribution >= 4 is 16.9 Å². The van der Waals surface area contributed by atoms with E-state index in [2.05, 4.69) is 17.0 Å². The van der Waals surface area contributed by atoms with Crippen LogP contribution in [0.15, 0.2) is 51.7 Å². The molecule has 0 atom stereocenters. The van der Waals surface area contributed by atoms with Gasteiger partial charge in [-0.15, -0.1) is 0 Å². The molecule has 1 aromatic heterocycles. The molecule has 7 nitrogen and oxygen atoms in total. The fourth-order valence-electron chi connectivity index (χ4n) is 3.89. The summed E-state index contributed by atoms with van der Waals surface area (Å²) in [7, 11) is 0. The fourth-order valence-corrected chi connectivity index (χ4v) is 3.89. The van der Waals surface area contributed by atoms with E-state index < -0.39 is 11.4 Å². The van der Waals surface area contributed by atoms with Gasteiger partial charge in [-0.1, -0.05) is 30.3 Å². The van der Waals surface area contributed by atoms with Crippen molar-refractivity contribution < 1.29 is 19.4 Å². The monoisotopic (exact) mass is 408 g/mol. The van der Waals surface area contributed by atoms with Crippen molar-refractivity contribution in [1.29, 1.82) is 0 Å². The lowest BCUT2D eigenvalue weighted by Crippen LogP contribution is -2.49. The largest absolute Gasteiger partial charge is 0.504 e. The zero-order chi connectivity index (χ0) is 21.3. The lowest BCUT2D eigenvalue weighted by atomic mass is 10.0. The van der Waals surface area contributed by atoms with Gasteiger partial charge in [-0.25, -0.2) is 4.79 Å². The molecular weight excluding hydrogens is 384 g/mol. The molecule has 4 rings (SSSR count). The highest BCUT2D eigenvalue weighted by Crippen LogP contribution is 2.34. The molecule has 2 N–H and O–H groups in total. The second-order valence-corrected chi connectivity index (χ2v) is 7.62. The average Bonchev–Trinajstić information content (AvgIpc) is 2.75. The van der Waals surface area contributed by atoms with Crippen LogP contribution >= 0.6 is 0 Å². The van der Waals surface area contributed by atoms with Crippen molar-refractivity contribution in [2.75, 3.05) is 26.2 Å². The average molecular weight is 408 g/mol. The summed E-state index contributed by atoms with van der Waals surface area (Å²) < 4.78 is 5.21. The maximum atomic E-state index is 12.8. The van der Waals surface area contributed by atoms with Crippen molar-refractivity contribution in [1.82, 2.24) is 9.80 Å². The third-order valence-electron chi connectivity index (χ3n) is 5.71. The van der Waals surface area contributed by atoms with E-state index in [0.717, 1.165) is 19.6 Å². The number of hydrogen-bond acceptors (Lipinski definition) is 6.